The van der Waals surface area contributed by atoms with Crippen LogP contribution in [0.25, 0.3) is 22.2 Å². The molecule has 0 radical (unpaired) electrons. The molecule has 3 aromatic rings. The van der Waals surface area contributed by atoms with E-state index < -0.39 is 0 Å². The fourth-order valence-corrected chi connectivity index (χ4v) is 4.12. The van der Waals surface area contributed by atoms with Crippen molar-refractivity contribution < 1.29 is 33.2 Å². The molecular weight excluding hydrogens is 476 g/mol. The van der Waals surface area contributed by atoms with Gasteiger partial charge in [0.05, 0.1) is 58.9 Å². The van der Waals surface area contributed by atoms with Crippen LogP contribution in [0.15, 0.2) is 42.5 Å². The van der Waals surface area contributed by atoms with Gasteiger partial charge in [-0.2, -0.15) is 0 Å². The molecule has 9 nitrogen and oxygen atoms in total. The van der Waals surface area contributed by atoms with E-state index in [0.717, 1.165) is 39.2 Å². The fourth-order valence-electron chi connectivity index (χ4n) is 4.12. The lowest BCUT2D eigenvalue weighted by Gasteiger charge is -2.27. The number of hydrogen-bond acceptors (Lipinski definition) is 8. The van der Waals surface area contributed by atoms with Gasteiger partial charge < -0.3 is 38.3 Å². The minimum atomic E-state index is -0.261. The molecule has 37 heavy (non-hydrogen) atoms. The number of aromatic nitrogens is 1. The zero-order valence-corrected chi connectivity index (χ0v) is 21.6. The molecule has 1 aliphatic rings. The normalized spacial score (nSPS) is 15.9. The number of aromatic amines is 1. The molecule has 0 fully saturated rings. The molecule has 0 atom stereocenters. The van der Waals surface area contributed by atoms with Crippen molar-refractivity contribution in [3.63, 3.8) is 0 Å². The lowest BCUT2D eigenvalue weighted by Crippen LogP contribution is -2.31. The highest BCUT2D eigenvalue weighted by atomic mass is 16.6. The van der Waals surface area contributed by atoms with Crippen LogP contribution in [0.1, 0.15) is 12.5 Å². The number of hydrogen-bond donors (Lipinski definition) is 1. The minimum Gasteiger partial charge on any atom is -0.489 e. The highest BCUT2D eigenvalue weighted by molar-refractivity contribution is 5.87. The monoisotopic (exact) mass is 512 g/mol. The Bertz CT molecular complexity index is 1150. The number of H-pyrrole nitrogens is 1. The van der Waals surface area contributed by atoms with Gasteiger partial charge >= 0.3 is 5.97 Å². The van der Waals surface area contributed by atoms with E-state index in [9.17, 15) is 4.79 Å². The van der Waals surface area contributed by atoms with E-state index in [1.165, 1.54) is 7.11 Å². The molecule has 1 aliphatic heterocycles. The Kier molecular flexibility index (Phi) is 10.2. The van der Waals surface area contributed by atoms with Gasteiger partial charge in [0.25, 0.3) is 0 Å². The Hall–Kier alpha value is -3.11. The maximum Gasteiger partial charge on any atom is 0.309 e. The second-order valence-corrected chi connectivity index (χ2v) is 8.61. The van der Waals surface area contributed by atoms with Crippen molar-refractivity contribution in [2.24, 2.45) is 0 Å². The van der Waals surface area contributed by atoms with E-state index in [0.29, 0.717) is 66.1 Å². The molecule has 2 heterocycles. The maximum absolute atomic E-state index is 11.7. The zero-order chi connectivity index (χ0) is 25.9. The number of carbonyl (C=O) groups is 1. The number of methoxy groups -OCH3 is 1. The highest BCUT2D eigenvalue weighted by Crippen LogP contribution is 2.34. The van der Waals surface area contributed by atoms with Gasteiger partial charge in [0.1, 0.15) is 19.1 Å². The van der Waals surface area contributed by atoms with Crippen LogP contribution in [0.5, 0.6) is 5.75 Å². The molecule has 0 bridgehead atoms. The number of fused-ring (bicyclic) bond motifs is 2. The van der Waals surface area contributed by atoms with Gasteiger partial charge in [0.15, 0.2) is 0 Å². The lowest BCUT2D eigenvalue weighted by atomic mass is 10.1. The Balaban J connectivity index is 1.61. The van der Waals surface area contributed by atoms with Gasteiger partial charge in [0, 0.05) is 35.3 Å². The van der Waals surface area contributed by atoms with Gasteiger partial charge in [-0.15, -0.1) is 0 Å². The van der Waals surface area contributed by atoms with E-state index in [2.05, 4.69) is 28.1 Å². The summed E-state index contributed by atoms with van der Waals surface area (Å²) < 4.78 is 33.7. The van der Waals surface area contributed by atoms with Crippen molar-refractivity contribution in [1.82, 2.24) is 4.98 Å². The first-order valence-corrected chi connectivity index (χ1v) is 12.7. The van der Waals surface area contributed by atoms with Gasteiger partial charge in [-0.1, -0.05) is 18.2 Å². The highest BCUT2D eigenvalue weighted by Gasteiger charge is 2.16. The molecule has 2 aromatic carbocycles. The number of rotatable bonds is 6. The van der Waals surface area contributed by atoms with Crippen LogP contribution in [0.4, 0.5) is 5.69 Å². The molecule has 200 valence electrons. The van der Waals surface area contributed by atoms with Gasteiger partial charge in [-0.25, -0.2) is 0 Å². The Morgan fingerprint density at radius 3 is 2.46 bits per heavy atom. The number of esters is 1. The number of ether oxygens (including phenoxy) is 6. The third-order valence-electron chi connectivity index (χ3n) is 6.06. The number of benzene rings is 2. The Morgan fingerprint density at radius 1 is 0.946 bits per heavy atom. The van der Waals surface area contributed by atoms with Crippen LogP contribution in [0.2, 0.25) is 0 Å². The van der Waals surface area contributed by atoms with Crippen LogP contribution in [-0.2, 0) is 34.9 Å². The quantitative estimate of drug-likeness (QED) is 0.499. The van der Waals surface area contributed by atoms with E-state index in [4.69, 9.17) is 28.4 Å². The summed E-state index contributed by atoms with van der Waals surface area (Å²) in [6.45, 7) is 7.22. The van der Waals surface area contributed by atoms with Gasteiger partial charge in [0.2, 0.25) is 0 Å². The molecular formula is C28H36N2O7. The molecule has 0 saturated carbocycles. The summed E-state index contributed by atoms with van der Waals surface area (Å²) in [4.78, 5) is 17.3. The molecule has 0 spiro atoms. The fraction of sp³-hybridized carbons (Fsp3) is 0.464. The molecule has 0 amide bonds. The van der Waals surface area contributed by atoms with Crippen LogP contribution in [0, 0.1) is 0 Å². The van der Waals surface area contributed by atoms with Crippen molar-refractivity contribution in [3.05, 3.63) is 48.0 Å². The van der Waals surface area contributed by atoms with Gasteiger partial charge in [-0.05, 0) is 36.8 Å². The van der Waals surface area contributed by atoms with Crippen LogP contribution < -0.4 is 9.64 Å². The summed E-state index contributed by atoms with van der Waals surface area (Å²) >= 11 is 0. The smallest absolute Gasteiger partial charge is 0.309 e. The number of anilines is 1. The SMILES string of the molecule is CCOCN1CCOCCOCCOCCOc2cc(-c3cc4ccc(CC(=O)OC)cc4[nH]3)ccc21. The van der Waals surface area contributed by atoms with Crippen LogP contribution in [0.3, 0.4) is 0 Å². The predicted molar refractivity (Wildman–Crippen MR) is 141 cm³/mol. The minimum absolute atomic E-state index is 0.237. The van der Waals surface area contributed by atoms with Gasteiger partial charge in [-0.3, -0.25) is 4.79 Å². The predicted octanol–water partition coefficient (Wildman–Crippen LogP) is 3.79. The largest absolute Gasteiger partial charge is 0.489 e. The van der Waals surface area contributed by atoms with Crippen molar-refractivity contribution in [2.75, 3.05) is 78.1 Å². The number of nitrogens with one attached hydrogen (secondary N) is 1. The third kappa shape index (κ3) is 7.69. The standard InChI is InChI=1S/C28H36N2O7/c1-3-33-20-30-8-9-34-10-11-35-12-13-36-14-15-37-27-19-23(6-7-26(27)30)25-18-22-5-4-21(16-24(22)29-25)17-28(31)32-2/h4-7,16,18-19,29H,3,8-15,17,20H2,1-2H3. The Labute approximate surface area is 217 Å². The van der Waals surface area contributed by atoms with Crippen LogP contribution in [-0.4, -0.2) is 84.2 Å². The summed E-state index contributed by atoms with van der Waals surface area (Å²) in [6, 6.07) is 14.2. The first-order chi connectivity index (χ1) is 18.2. The first kappa shape index (κ1) is 26.9. The summed E-state index contributed by atoms with van der Waals surface area (Å²) in [5, 5.41) is 1.06. The summed E-state index contributed by atoms with van der Waals surface area (Å²) in [5.41, 5.74) is 4.74. The average Bonchev–Trinajstić information content (AvgIpc) is 3.34. The van der Waals surface area contributed by atoms with Crippen molar-refractivity contribution in [3.8, 4) is 17.0 Å². The molecule has 0 aliphatic carbocycles. The molecule has 1 aromatic heterocycles. The molecule has 1 N–H and O–H groups in total. The van der Waals surface area contributed by atoms with E-state index in [1.54, 1.807) is 0 Å². The summed E-state index contributed by atoms with van der Waals surface area (Å²) in [7, 11) is 1.40. The summed E-state index contributed by atoms with van der Waals surface area (Å²) in [5.74, 6) is 0.487. The first-order valence-electron chi connectivity index (χ1n) is 12.7. The number of nitrogens with zero attached hydrogens (tertiary/aromatic N) is 1. The second-order valence-electron chi connectivity index (χ2n) is 8.61. The topological polar surface area (TPSA) is 91.5 Å². The average molecular weight is 513 g/mol. The van der Waals surface area contributed by atoms with Crippen molar-refractivity contribution >= 4 is 22.6 Å². The Morgan fingerprint density at radius 2 is 1.70 bits per heavy atom. The lowest BCUT2D eigenvalue weighted by molar-refractivity contribution is -0.139. The maximum atomic E-state index is 11.7. The van der Waals surface area contributed by atoms with E-state index in [-0.39, 0.29) is 12.4 Å². The molecule has 9 heteroatoms. The van der Waals surface area contributed by atoms with Crippen molar-refractivity contribution in [2.45, 2.75) is 13.3 Å². The van der Waals surface area contributed by atoms with Crippen LogP contribution >= 0.6 is 0 Å². The molecule has 0 saturated heterocycles. The zero-order valence-electron chi connectivity index (χ0n) is 21.6. The van der Waals surface area contributed by atoms with Crippen molar-refractivity contribution in [1.29, 1.82) is 0 Å². The summed E-state index contributed by atoms with van der Waals surface area (Å²) in [6.07, 6.45) is 0.237. The molecule has 4 rings (SSSR count). The van der Waals surface area contributed by atoms with E-state index in [1.807, 2.05) is 31.2 Å². The van der Waals surface area contributed by atoms with E-state index >= 15 is 0 Å². The number of carbonyl (C=O) groups excluding carboxylic acids is 1. The third-order valence-corrected chi connectivity index (χ3v) is 6.06. The molecule has 0 unspecified atom stereocenters. The second kappa shape index (κ2) is 14.0.